The van der Waals surface area contributed by atoms with E-state index >= 15 is 0 Å². The zero-order valence-corrected chi connectivity index (χ0v) is 11.3. The van der Waals surface area contributed by atoms with Crippen molar-refractivity contribution in [3.63, 3.8) is 0 Å². The van der Waals surface area contributed by atoms with E-state index in [4.69, 9.17) is 17.3 Å². The van der Waals surface area contributed by atoms with Gasteiger partial charge >= 0.3 is 0 Å². The number of thiophene rings is 1. The van der Waals surface area contributed by atoms with E-state index in [0.717, 1.165) is 14.8 Å². The molecule has 5 heteroatoms. The van der Waals surface area contributed by atoms with Crippen molar-refractivity contribution < 1.29 is 0 Å². The minimum absolute atomic E-state index is 0.144. The second kappa shape index (κ2) is 4.94. The van der Waals surface area contributed by atoms with Gasteiger partial charge in [0.25, 0.3) is 0 Å². The molecule has 0 spiro atoms. The van der Waals surface area contributed by atoms with Gasteiger partial charge < -0.3 is 11.1 Å². The quantitative estimate of drug-likeness (QED) is 0.888. The number of nitrogens with one attached hydrogen (secondary N) is 1. The standard InChI is InChI=1S/C12H14ClN3S/c1-7-5-9(14)12(15-6-7)16-8(2)10-3-4-11(13)17-10/h3-6,8H,14H2,1-2H3,(H,15,16). The summed E-state index contributed by atoms with van der Waals surface area (Å²) in [5, 5.41) is 3.28. The van der Waals surface area contributed by atoms with Gasteiger partial charge in [0.1, 0.15) is 5.82 Å². The molecule has 0 bridgehead atoms. The average Bonchev–Trinajstić information content (AvgIpc) is 2.69. The van der Waals surface area contributed by atoms with E-state index in [1.165, 1.54) is 0 Å². The van der Waals surface area contributed by atoms with Gasteiger partial charge in [-0.3, -0.25) is 0 Å². The molecule has 0 aliphatic carbocycles. The number of aryl methyl sites for hydroxylation is 1. The lowest BCUT2D eigenvalue weighted by atomic mass is 10.2. The van der Waals surface area contributed by atoms with Crippen molar-refractivity contribution in [2.75, 3.05) is 11.1 Å². The molecule has 2 aromatic rings. The van der Waals surface area contributed by atoms with E-state index in [2.05, 4.69) is 17.2 Å². The van der Waals surface area contributed by atoms with Crippen LogP contribution in [0.2, 0.25) is 4.34 Å². The minimum atomic E-state index is 0.144. The molecule has 2 aromatic heterocycles. The Hall–Kier alpha value is -1.26. The van der Waals surface area contributed by atoms with Crippen LogP contribution in [-0.2, 0) is 0 Å². The van der Waals surface area contributed by atoms with E-state index in [1.54, 1.807) is 17.5 Å². The number of aromatic nitrogens is 1. The molecule has 2 heterocycles. The molecule has 2 rings (SSSR count). The second-order valence-corrected chi connectivity index (χ2v) is 5.71. The van der Waals surface area contributed by atoms with Crippen LogP contribution in [0.5, 0.6) is 0 Å². The maximum absolute atomic E-state index is 5.91. The molecule has 0 radical (unpaired) electrons. The Bertz CT molecular complexity index is 524. The highest BCUT2D eigenvalue weighted by Gasteiger charge is 2.10. The maximum atomic E-state index is 5.91. The monoisotopic (exact) mass is 267 g/mol. The van der Waals surface area contributed by atoms with Gasteiger partial charge in [-0.05, 0) is 37.6 Å². The summed E-state index contributed by atoms with van der Waals surface area (Å²) in [4.78, 5) is 5.45. The molecular weight excluding hydrogens is 254 g/mol. The number of pyridine rings is 1. The van der Waals surface area contributed by atoms with E-state index in [-0.39, 0.29) is 6.04 Å². The van der Waals surface area contributed by atoms with Crippen molar-refractivity contribution in [2.24, 2.45) is 0 Å². The smallest absolute Gasteiger partial charge is 0.149 e. The number of nitrogen functional groups attached to an aromatic ring is 1. The fraction of sp³-hybridized carbons (Fsp3) is 0.250. The summed E-state index contributed by atoms with van der Waals surface area (Å²) in [6.07, 6.45) is 1.80. The Morgan fingerprint density at radius 1 is 1.47 bits per heavy atom. The third kappa shape index (κ3) is 2.90. The lowest BCUT2D eigenvalue weighted by Gasteiger charge is -2.14. The van der Waals surface area contributed by atoms with Gasteiger partial charge in [-0.15, -0.1) is 11.3 Å². The predicted octanol–water partition coefficient (Wildman–Crippen LogP) is 3.86. The van der Waals surface area contributed by atoms with Crippen molar-refractivity contribution in [1.29, 1.82) is 0 Å². The van der Waals surface area contributed by atoms with Crippen LogP contribution in [0.1, 0.15) is 23.4 Å². The molecule has 3 nitrogen and oxygen atoms in total. The van der Waals surface area contributed by atoms with Crippen LogP contribution in [0.25, 0.3) is 0 Å². The summed E-state index contributed by atoms with van der Waals surface area (Å²) in [5.41, 5.74) is 7.63. The molecule has 3 N–H and O–H groups in total. The molecule has 0 amide bonds. The lowest BCUT2D eigenvalue weighted by Crippen LogP contribution is -2.08. The topological polar surface area (TPSA) is 50.9 Å². The Balaban J connectivity index is 2.15. The van der Waals surface area contributed by atoms with Gasteiger partial charge in [0.15, 0.2) is 0 Å². The first-order valence-electron chi connectivity index (χ1n) is 5.30. The van der Waals surface area contributed by atoms with Crippen LogP contribution in [0, 0.1) is 6.92 Å². The molecule has 1 atom stereocenters. The third-order valence-corrected chi connectivity index (χ3v) is 3.84. The van der Waals surface area contributed by atoms with Crippen LogP contribution in [0.4, 0.5) is 11.5 Å². The minimum Gasteiger partial charge on any atom is -0.396 e. The van der Waals surface area contributed by atoms with E-state index in [9.17, 15) is 0 Å². The predicted molar refractivity (Wildman–Crippen MR) is 74.8 cm³/mol. The third-order valence-electron chi connectivity index (χ3n) is 2.43. The van der Waals surface area contributed by atoms with Crippen molar-refractivity contribution >= 4 is 34.4 Å². The molecule has 0 saturated carbocycles. The molecule has 1 unspecified atom stereocenters. The zero-order valence-electron chi connectivity index (χ0n) is 9.70. The van der Waals surface area contributed by atoms with Gasteiger partial charge in [0.05, 0.1) is 16.1 Å². The summed E-state index contributed by atoms with van der Waals surface area (Å²) < 4.78 is 0.790. The van der Waals surface area contributed by atoms with Crippen LogP contribution >= 0.6 is 22.9 Å². The average molecular weight is 268 g/mol. The van der Waals surface area contributed by atoms with Gasteiger partial charge in [0, 0.05) is 11.1 Å². The largest absolute Gasteiger partial charge is 0.396 e. The number of nitrogens with zero attached hydrogens (tertiary/aromatic N) is 1. The van der Waals surface area contributed by atoms with Crippen molar-refractivity contribution in [3.8, 4) is 0 Å². The fourth-order valence-corrected chi connectivity index (χ4v) is 2.61. The molecule has 0 aliphatic rings. The van der Waals surface area contributed by atoms with Gasteiger partial charge in [0.2, 0.25) is 0 Å². The number of nitrogens with two attached hydrogens (primary N) is 1. The van der Waals surface area contributed by atoms with Crippen LogP contribution in [-0.4, -0.2) is 4.98 Å². The Labute approximate surface area is 110 Å². The summed E-state index contributed by atoms with van der Waals surface area (Å²) in [7, 11) is 0. The highest BCUT2D eigenvalue weighted by molar-refractivity contribution is 7.16. The first-order chi connectivity index (χ1) is 8.06. The molecule has 0 aromatic carbocycles. The first kappa shape index (κ1) is 12.2. The van der Waals surface area contributed by atoms with E-state index < -0.39 is 0 Å². The number of hydrogen-bond donors (Lipinski definition) is 2. The Kier molecular flexibility index (Phi) is 3.54. The van der Waals surface area contributed by atoms with Crippen molar-refractivity contribution in [2.45, 2.75) is 19.9 Å². The van der Waals surface area contributed by atoms with Crippen LogP contribution in [0.3, 0.4) is 0 Å². The molecular formula is C12H14ClN3S. The van der Waals surface area contributed by atoms with E-state index in [1.807, 2.05) is 25.1 Å². The number of anilines is 2. The number of halogens is 1. The second-order valence-electron chi connectivity index (χ2n) is 3.96. The van der Waals surface area contributed by atoms with Crippen molar-refractivity contribution in [1.82, 2.24) is 4.98 Å². The zero-order chi connectivity index (χ0) is 12.4. The molecule has 0 saturated heterocycles. The lowest BCUT2D eigenvalue weighted by molar-refractivity contribution is 0.897. The first-order valence-corrected chi connectivity index (χ1v) is 6.49. The molecule has 0 aliphatic heterocycles. The van der Waals surface area contributed by atoms with Gasteiger partial charge in [-0.2, -0.15) is 0 Å². The van der Waals surface area contributed by atoms with Gasteiger partial charge in [-0.25, -0.2) is 4.98 Å². The SMILES string of the molecule is Cc1cnc(NC(C)c2ccc(Cl)s2)c(N)c1. The van der Waals surface area contributed by atoms with Crippen molar-refractivity contribution in [3.05, 3.63) is 39.2 Å². The summed E-state index contributed by atoms with van der Waals surface area (Å²) in [6, 6.07) is 5.95. The van der Waals surface area contributed by atoms with Crippen LogP contribution in [0.15, 0.2) is 24.4 Å². The van der Waals surface area contributed by atoms with E-state index in [0.29, 0.717) is 11.5 Å². The Morgan fingerprint density at radius 3 is 2.82 bits per heavy atom. The summed E-state index contributed by atoms with van der Waals surface area (Å²) in [6.45, 7) is 4.03. The molecule has 90 valence electrons. The fourth-order valence-electron chi connectivity index (χ4n) is 1.55. The number of hydrogen-bond acceptors (Lipinski definition) is 4. The normalized spacial score (nSPS) is 12.4. The maximum Gasteiger partial charge on any atom is 0.149 e. The highest BCUT2D eigenvalue weighted by Crippen LogP contribution is 2.29. The summed E-state index contributed by atoms with van der Waals surface area (Å²) in [5.74, 6) is 0.715. The molecule has 17 heavy (non-hydrogen) atoms. The van der Waals surface area contributed by atoms with Gasteiger partial charge in [-0.1, -0.05) is 11.6 Å². The Morgan fingerprint density at radius 2 is 2.24 bits per heavy atom. The number of rotatable bonds is 3. The highest BCUT2D eigenvalue weighted by atomic mass is 35.5. The molecule has 0 fully saturated rings. The summed E-state index contributed by atoms with van der Waals surface area (Å²) >= 11 is 7.47. The van der Waals surface area contributed by atoms with Crippen LogP contribution < -0.4 is 11.1 Å².